The Labute approximate surface area is 196 Å². The molecule has 1 saturated heterocycles. The molecule has 2 heterocycles. The van der Waals surface area contributed by atoms with Gasteiger partial charge >= 0.3 is 11.7 Å². The number of H-pyrrole nitrogens is 1. The van der Waals surface area contributed by atoms with Gasteiger partial charge in [-0.15, -0.1) is 0 Å². The van der Waals surface area contributed by atoms with Gasteiger partial charge in [0.25, 0.3) is 11.5 Å². The minimum Gasteiger partial charge on any atom is -0.383 e. The van der Waals surface area contributed by atoms with E-state index in [-0.39, 0.29) is 24.6 Å². The van der Waals surface area contributed by atoms with Crippen LogP contribution in [0, 0.1) is 0 Å². The third-order valence-corrected chi connectivity index (χ3v) is 5.89. The predicted molar refractivity (Wildman–Crippen MR) is 127 cm³/mol. The number of carbonyl (C=O) groups excluding carboxylic acids is 3. The first kappa shape index (κ1) is 24.7. The van der Waals surface area contributed by atoms with Crippen LogP contribution in [-0.2, 0) is 21.7 Å². The summed E-state index contributed by atoms with van der Waals surface area (Å²) in [6.45, 7) is 5.14. The van der Waals surface area contributed by atoms with Crippen LogP contribution < -0.4 is 27.2 Å². The molecule has 34 heavy (non-hydrogen) atoms. The Morgan fingerprint density at radius 1 is 1.09 bits per heavy atom. The van der Waals surface area contributed by atoms with E-state index < -0.39 is 41.2 Å². The Balaban J connectivity index is 1.96. The predicted octanol–water partition coefficient (Wildman–Crippen LogP) is 1.13. The summed E-state index contributed by atoms with van der Waals surface area (Å²) in [5.41, 5.74) is 3.79. The number of urea groups is 1. The van der Waals surface area contributed by atoms with Gasteiger partial charge in [-0.25, -0.2) is 9.59 Å². The molecule has 11 nitrogen and oxygen atoms in total. The van der Waals surface area contributed by atoms with Crippen molar-refractivity contribution in [2.75, 3.05) is 23.7 Å². The Morgan fingerprint density at radius 3 is 2.38 bits per heavy atom. The summed E-state index contributed by atoms with van der Waals surface area (Å²) in [7, 11) is 0. The normalized spacial score (nSPS) is 17.7. The highest BCUT2D eigenvalue weighted by atomic mass is 16.2. The molecule has 1 aromatic carbocycles. The van der Waals surface area contributed by atoms with Crippen molar-refractivity contribution in [1.29, 1.82) is 0 Å². The molecule has 0 aliphatic carbocycles. The molecule has 4 amide bonds. The van der Waals surface area contributed by atoms with Crippen molar-refractivity contribution in [3.8, 4) is 0 Å². The second-order valence-electron chi connectivity index (χ2n) is 8.36. The molecule has 0 spiro atoms. The molecule has 182 valence electrons. The van der Waals surface area contributed by atoms with E-state index in [0.29, 0.717) is 24.8 Å². The fourth-order valence-corrected chi connectivity index (χ4v) is 3.99. The van der Waals surface area contributed by atoms with Crippen molar-refractivity contribution in [2.45, 2.75) is 52.1 Å². The summed E-state index contributed by atoms with van der Waals surface area (Å²) < 4.78 is 1.20. The highest BCUT2D eigenvalue weighted by Gasteiger charge is 2.49. The number of hydrogen-bond donors (Lipinski definition) is 3. The molecular formula is C23H30N6O5. The van der Waals surface area contributed by atoms with Crippen molar-refractivity contribution in [1.82, 2.24) is 19.8 Å². The topological polar surface area (TPSA) is 151 Å². The first-order chi connectivity index (χ1) is 16.2. The van der Waals surface area contributed by atoms with E-state index in [1.165, 1.54) is 4.57 Å². The van der Waals surface area contributed by atoms with Crippen molar-refractivity contribution in [3.63, 3.8) is 0 Å². The number of nitrogens with one attached hydrogen (secondary N) is 2. The molecule has 0 bridgehead atoms. The molecule has 1 atom stereocenters. The van der Waals surface area contributed by atoms with Crippen LogP contribution in [0.25, 0.3) is 0 Å². The summed E-state index contributed by atoms with van der Waals surface area (Å²) in [5, 5.41) is 2.66. The Hall–Kier alpha value is -3.89. The van der Waals surface area contributed by atoms with Crippen LogP contribution in [0.2, 0.25) is 0 Å². The summed E-state index contributed by atoms with van der Waals surface area (Å²) in [6.07, 6.45) is 1.84. The zero-order valence-corrected chi connectivity index (χ0v) is 19.6. The Morgan fingerprint density at radius 2 is 1.76 bits per heavy atom. The number of nitrogens with two attached hydrogens (primary N) is 1. The summed E-state index contributed by atoms with van der Waals surface area (Å²) in [4.78, 5) is 68.3. The molecule has 1 aliphatic rings. The van der Waals surface area contributed by atoms with Gasteiger partial charge in [0.2, 0.25) is 5.91 Å². The van der Waals surface area contributed by atoms with Crippen LogP contribution >= 0.6 is 0 Å². The maximum Gasteiger partial charge on any atom is 0.330 e. The van der Waals surface area contributed by atoms with Crippen molar-refractivity contribution >= 4 is 29.4 Å². The number of hydrogen-bond acceptors (Lipinski definition) is 6. The van der Waals surface area contributed by atoms with Gasteiger partial charge < -0.3 is 16.0 Å². The second-order valence-corrected chi connectivity index (χ2v) is 8.36. The largest absolute Gasteiger partial charge is 0.383 e. The number of imide groups is 1. The van der Waals surface area contributed by atoms with Gasteiger partial charge in [-0.3, -0.25) is 28.8 Å². The maximum absolute atomic E-state index is 13.4. The van der Waals surface area contributed by atoms with Gasteiger partial charge in [0, 0.05) is 13.1 Å². The highest BCUT2D eigenvalue weighted by molar-refractivity contribution is 6.10. The molecular weight excluding hydrogens is 440 g/mol. The van der Waals surface area contributed by atoms with Gasteiger partial charge in [0.15, 0.2) is 5.69 Å². The molecule has 0 radical (unpaired) electrons. The van der Waals surface area contributed by atoms with Crippen molar-refractivity contribution in [2.24, 2.45) is 0 Å². The summed E-state index contributed by atoms with van der Waals surface area (Å²) in [5.74, 6) is -1.37. The first-order valence-corrected chi connectivity index (χ1v) is 11.3. The fourth-order valence-electron chi connectivity index (χ4n) is 3.99. The quantitative estimate of drug-likeness (QED) is 0.468. The van der Waals surface area contributed by atoms with Crippen LogP contribution in [0.3, 0.4) is 0 Å². The maximum atomic E-state index is 13.4. The second kappa shape index (κ2) is 9.94. The van der Waals surface area contributed by atoms with Crippen molar-refractivity contribution < 1.29 is 14.4 Å². The molecule has 0 saturated carbocycles. The lowest BCUT2D eigenvalue weighted by atomic mass is 9.92. The number of nitrogens with zero attached hydrogens (tertiary/aromatic N) is 3. The highest BCUT2D eigenvalue weighted by Crippen LogP contribution is 2.29. The number of aromatic amines is 1. The van der Waals surface area contributed by atoms with Crippen LogP contribution in [0.5, 0.6) is 0 Å². The van der Waals surface area contributed by atoms with Gasteiger partial charge in [0.1, 0.15) is 17.9 Å². The van der Waals surface area contributed by atoms with Crippen LogP contribution in [-0.4, -0.2) is 45.4 Å². The van der Waals surface area contributed by atoms with E-state index in [1.54, 1.807) is 37.3 Å². The van der Waals surface area contributed by atoms with Crippen LogP contribution in [0.4, 0.5) is 16.3 Å². The number of benzene rings is 1. The number of amides is 4. The summed E-state index contributed by atoms with van der Waals surface area (Å²) >= 11 is 0. The number of rotatable bonds is 9. The molecule has 1 aromatic heterocycles. The van der Waals surface area contributed by atoms with E-state index in [0.717, 1.165) is 9.80 Å². The summed E-state index contributed by atoms with van der Waals surface area (Å²) in [6, 6.07) is 8.02. The average molecular weight is 471 g/mol. The molecule has 4 N–H and O–H groups in total. The number of nitrogen functional groups attached to an aromatic ring is 1. The first-order valence-electron chi connectivity index (χ1n) is 11.3. The third kappa shape index (κ3) is 4.45. The minimum atomic E-state index is -1.32. The molecule has 1 fully saturated rings. The van der Waals surface area contributed by atoms with E-state index in [4.69, 9.17) is 5.73 Å². The number of carbonyl (C=O) groups is 3. The Bertz CT molecular complexity index is 1200. The average Bonchev–Trinajstić information content (AvgIpc) is 3.03. The lowest BCUT2D eigenvalue weighted by Crippen LogP contribution is -2.47. The third-order valence-electron chi connectivity index (χ3n) is 5.89. The molecule has 1 aliphatic heterocycles. The van der Waals surface area contributed by atoms with E-state index in [1.807, 2.05) is 13.8 Å². The number of aromatic nitrogens is 2. The molecule has 11 heteroatoms. The Kier molecular flexibility index (Phi) is 7.23. The fraction of sp³-hybridized carbons (Fsp3) is 0.435. The van der Waals surface area contributed by atoms with Gasteiger partial charge in [-0.05, 0) is 25.3 Å². The lowest BCUT2D eigenvalue weighted by Gasteiger charge is -2.26. The SMILES string of the molecule is CCCCN(C(=O)CN1C(=O)NC(C)(c2ccccc2)C1=O)c1c(N)n(CCC)c(=O)[nH]c1=O. The zero-order chi connectivity index (χ0) is 25.0. The van der Waals surface area contributed by atoms with Gasteiger partial charge in [-0.1, -0.05) is 50.6 Å². The lowest BCUT2D eigenvalue weighted by molar-refractivity contribution is -0.134. The molecule has 1 unspecified atom stereocenters. The van der Waals surface area contributed by atoms with Crippen molar-refractivity contribution in [3.05, 3.63) is 56.7 Å². The van der Waals surface area contributed by atoms with Gasteiger partial charge in [-0.2, -0.15) is 0 Å². The van der Waals surface area contributed by atoms with E-state index >= 15 is 0 Å². The van der Waals surface area contributed by atoms with Gasteiger partial charge in [0.05, 0.1) is 0 Å². The molecule has 2 aromatic rings. The molecule has 3 rings (SSSR count). The standard InChI is InChI=1S/C23H30N6O5/c1-4-6-13-27(17-18(24)28(12-5-2)21(33)25-19(17)31)16(30)14-29-20(32)23(3,26-22(29)34)15-10-8-7-9-11-15/h7-11H,4-6,12-14,24H2,1-3H3,(H,26,34)(H,25,31,33). The zero-order valence-electron chi connectivity index (χ0n) is 19.6. The number of anilines is 2. The smallest absolute Gasteiger partial charge is 0.330 e. The minimum absolute atomic E-state index is 0.131. The van der Waals surface area contributed by atoms with Crippen LogP contribution in [0.1, 0.15) is 45.6 Å². The number of unbranched alkanes of at least 4 members (excludes halogenated alkanes) is 1. The van der Waals surface area contributed by atoms with E-state index in [9.17, 15) is 24.0 Å². The van der Waals surface area contributed by atoms with Crippen LogP contribution in [0.15, 0.2) is 39.9 Å². The van der Waals surface area contributed by atoms with E-state index in [2.05, 4.69) is 10.3 Å². The monoisotopic (exact) mass is 470 g/mol.